The monoisotopic (exact) mass is 241 g/mol. The zero-order chi connectivity index (χ0) is 12.1. The molecule has 0 amide bonds. The van der Waals surface area contributed by atoms with Crippen molar-refractivity contribution in [3.05, 3.63) is 0 Å². The quantitative estimate of drug-likeness (QED) is 0.716. The highest BCUT2D eigenvalue weighted by molar-refractivity contribution is 4.84. The third-order valence-corrected chi connectivity index (χ3v) is 2.78. The zero-order valence-corrected chi connectivity index (χ0v) is 9.40. The van der Waals surface area contributed by atoms with E-state index in [4.69, 9.17) is 4.74 Å². The molecule has 96 valence electrons. The number of nitrogens with one attached hydrogen (secondary N) is 1. The van der Waals surface area contributed by atoms with Crippen molar-refractivity contribution in [3.63, 3.8) is 0 Å². The van der Waals surface area contributed by atoms with E-state index in [1.54, 1.807) is 0 Å². The highest BCUT2D eigenvalue weighted by Crippen LogP contribution is 2.31. The van der Waals surface area contributed by atoms with Gasteiger partial charge in [-0.3, -0.25) is 0 Å². The number of halogens is 3. The van der Waals surface area contributed by atoms with Gasteiger partial charge in [0.15, 0.2) is 0 Å². The van der Waals surface area contributed by atoms with Crippen LogP contribution in [0.3, 0.4) is 0 Å². The first-order valence-electron chi connectivity index (χ1n) is 5.34. The molecule has 1 aliphatic heterocycles. The van der Waals surface area contributed by atoms with Gasteiger partial charge in [0.1, 0.15) is 6.61 Å². The molecular formula is C10H18F3NO2. The summed E-state index contributed by atoms with van der Waals surface area (Å²) < 4.78 is 45.4. The van der Waals surface area contributed by atoms with Crippen molar-refractivity contribution in [2.45, 2.75) is 19.0 Å². The summed E-state index contributed by atoms with van der Waals surface area (Å²) in [5.41, 5.74) is -0.0552. The Labute approximate surface area is 93.3 Å². The minimum atomic E-state index is -4.23. The van der Waals surface area contributed by atoms with E-state index < -0.39 is 12.8 Å². The van der Waals surface area contributed by atoms with Crippen LogP contribution >= 0.6 is 0 Å². The topological polar surface area (TPSA) is 30.5 Å². The summed E-state index contributed by atoms with van der Waals surface area (Å²) in [6.45, 7) is 1.00. The van der Waals surface area contributed by atoms with Gasteiger partial charge in [-0.1, -0.05) is 0 Å². The van der Waals surface area contributed by atoms with Gasteiger partial charge in [-0.2, -0.15) is 13.2 Å². The van der Waals surface area contributed by atoms with E-state index in [9.17, 15) is 13.2 Å². The molecule has 1 rings (SSSR count). The van der Waals surface area contributed by atoms with Gasteiger partial charge in [0, 0.05) is 25.2 Å². The maximum Gasteiger partial charge on any atom is 0.411 e. The first-order chi connectivity index (χ1) is 7.47. The summed E-state index contributed by atoms with van der Waals surface area (Å²) in [4.78, 5) is 0. The van der Waals surface area contributed by atoms with E-state index in [-0.39, 0.29) is 12.0 Å². The van der Waals surface area contributed by atoms with E-state index in [1.807, 2.05) is 7.05 Å². The number of alkyl halides is 3. The van der Waals surface area contributed by atoms with E-state index in [0.717, 1.165) is 13.0 Å². The van der Waals surface area contributed by atoms with Crippen molar-refractivity contribution in [2.75, 3.05) is 40.0 Å². The molecule has 1 fully saturated rings. The molecule has 3 nitrogen and oxygen atoms in total. The van der Waals surface area contributed by atoms with E-state index in [2.05, 4.69) is 10.1 Å². The van der Waals surface area contributed by atoms with Gasteiger partial charge in [-0.25, -0.2) is 0 Å². The highest BCUT2D eigenvalue weighted by atomic mass is 19.4. The van der Waals surface area contributed by atoms with Gasteiger partial charge in [0.05, 0.1) is 6.61 Å². The fraction of sp³-hybridized carbons (Fsp3) is 1.00. The molecule has 0 bridgehead atoms. The lowest BCUT2D eigenvalue weighted by atomic mass is 9.84. The number of ether oxygens (including phenoxy) is 2. The van der Waals surface area contributed by atoms with Crippen molar-refractivity contribution in [2.24, 2.45) is 5.41 Å². The van der Waals surface area contributed by atoms with Crippen molar-refractivity contribution >= 4 is 0 Å². The minimum Gasteiger partial charge on any atom is -0.381 e. The number of rotatable bonds is 6. The summed E-state index contributed by atoms with van der Waals surface area (Å²) >= 11 is 0. The van der Waals surface area contributed by atoms with Crippen LogP contribution in [0.4, 0.5) is 13.2 Å². The molecule has 0 aromatic heterocycles. The highest BCUT2D eigenvalue weighted by Gasteiger charge is 2.34. The smallest absolute Gasteiger partial charge is 0.381 e. The Bertz CT molecular complexity index is 203. The average Bonchev–Trinajstić information content (AvgIpc) is 2.61. The number of hydrogen-bond acceptors (Lipinski definition) is 3. The normalized spacial score (nSPS) is 26.2. The van der Waals surface area contributed by atoms with E-state index >= 15 is 0 Å². The lowest BCUT2D eigenvalue weighted by Gasteiger charge is -2.26. The Morgan fingerprint density at radius 1 is 1.44 bits per heavy atom. The molecule has 6 heteroatoms. The standard InChI is InChI=1S/C10H18F3NO2/c1-14-6-9(2-4-15-7-9)3-5-16-8-10(11,12)13/h14H,2-8H2,1H3. The van der Waals surface area contributed by atoms with Crippen LogP contribution in [-0.2, 0) is 9.47 Å². The molecular weight excluding hydrogens is 223 g/mol. The molecule has 0 aromatic carbocycles. The van der Waals surface area contributed by atoms with Crippen LogP contribution in [0, 0.1) is 5.41 Å². The molecule has 1 heterocycles. The summed E-state index contributed by atoms with van der Waals surface area (Å²) in [5.74, 6) is 0. The largest absolute Gasteiger partial charge is 0.411 e. The van der Waals surface area contributed by atoms with Crippen molar-refractivity contribution < 1.29 is 22.6 Å². The molecule has 0 aromatic rings. The molecule has 1 unspecified atom stereocenters. The van der Waals surface area contributed by atoms with E-state index in [0.29, 0.717) is 19.6 Å². The first kappa shape index (κ1) is 13.7. The van der Waals surface area contributed by atoms with Crippen LogP contribution in [0.15, 0.2) is 0 Å². The van der Waals surface area contributed by atoms with Gasteiger partial charge in [-0.15, -0.1) is 0 Å². The molecule has 0 spiro atoms. The Morgan fingerprint density at radius 3 is 2.69 bits per heavy atom. The second-order valence-electron chi connectivity index (χ2n) is 4.25. The third-order valence-electron chi connectivity index (χ3n) is 2.78. The molecule has 1 saturated heterocycles. The Kier molecular flexibility index (Phi) is 5.01. The fourth-order valence-corrected chi connectivity index (χ4v) is 1.93. The van der Waals surface area contributed by atoms with Crippen molar-refractivity contribution in [1.29, 1.82) is 0 Å². The predicted octanol–water partition coefficient (Wildman–Crippen LogP) is 1.58. The summed E-state index contributed by atoms with van der Waals surface area (Å²) in [6, 6.07) is 0. The summed E-state index contributed by atoms with van der Waals surface area (Å²) in [6.07, 6.45) is -2.75. The predicted molar refractivity (Wildman–Crippen MR) is 53.3 cm³/mol. The molecule has 1 aliphatic rings. The Hall–Kier alpha value is -0.330. The SMILES string of the molecule is CNCC1(CCOCC(F)(F)F)CCOC1. The average molecular weight is 241 g/mol. The molecule has 0 saturated carbocycles. The van der Waals surface area contributed by atoms with Gasteiger partial charge in [-0.05, 0) is 19.9 Å². The van der Waals surface area contributed by atoms with Crippen LogP contribution in [0.25, 0.3) is 0 Å². The third kappa shape index (κ3) is 4.67. The van der Waals surface area contributed by atoms with Gasteiger partial charge in [0.25, 0.3) is 0 Å². The van der Waals surface area contributed by atoms with Crippen molar-refractivity contribution in [1.82, 2.24) is 5.32 Å². The Balaban J connectivity index is 2.23. The zero-order valence-electron chi connectivity index (χ0n) is 9.40. The van der Waals surface area contributed by atoms with Crippen LogP contribution in [0.1, 0.15) is 12.8 Å². The minimum absolute atomic E-state index is 0.0552. The molecule has 16 heavy (non-hydrogen) atoms. The van der Waals surface area contributed by atoms with E-state index in [1.165, 1.54) is 0 Å². The second kappa shape index (κ2) is 5.84. The van der Waals surface area contributed by atoms with Gasteiger partial charge >= 0.3 is 6.18 Å². The van der Waals surface area contributed by atoms with Crippen LogP contribution in [0.2, 0.25) is 0 Å². The fourth-order valence-electron chi connectivity index (χ4n) is 1.93. The summed E-state index contributed by atoms with van der Waals surface area (Å²) in [5, 5.41) is 3.05. The molecule has 1 atom stereocenters. The molecule has 0 radical (unpaired) electrons. The van der Waals surface area contributed by atoms with Crippen LogP contribution < -0.4 is 5.32 Å². The van der Waals surface area contributed by atoms with Crippen molar-refractivity contribution in [3.8, 4) is 0 Å². The summed E-state index contributed by atoms with van der Waals surface area (Å²) in [7, 11) is 1.83. The first-order valence-corrected chi connectivity index (χ1v) is 5.34. The maximum absolute atomic E-state index is 11.8. The number of hydrogen-bond donors (Lipinski definition) is 1. The molecule has 0 aliphatic carbocycles. The Morgan fingerprint density at radius 2 is 2.19 bits per heavy atom. The molecule has 1 N–H and O–H groups in total. The maximum atomic E-state index is 11.8. The van der Waals surface area contributed by atoms with Crippen LogP contribution in [-0.4, -0.2) is 46.2 Å². The second-order valence-corrected chi connectivity index (χ2v) is 4.25. The van der Waals surface area contributed by atoms with Crippen LogP contribution in [0.5, 0.6) is 0 Å². The van der Waals surface area contributed by atoms with Gasteiger partial charge < -0.3 is 14.8 Å². The lowest BCUT2D eigenvalue weighted by Crippen LogP contribution is -2.34. The lowest BCUT2D eigenvalue weighted by molar-refractivity contribution is -0.175. The van der Waals surface area contributed by atoms with Gasteiger partial charge in [0.2, 0.25) is 0 Å².